The average molecular weight is 130 g/mol. The summed E-state index contributed by atoms with van der Waals surface area (Å²) in [5.41, 5.74) is 0.678. The van der Waals surface area contributed by atoms with Gasteiger partial charge in [0.05, 0.1) is 0 Å². The molecule has 8 heavy (non-hydrogen) atoms. The molecular formula is C6H10OS. The van der Waals surface area contributed by atoms with Crippen LogP contribution in [0.5, 0.6) is 0 Å². The van der Waals surface area contributed by atoms with Crippen molar-refractivity contribution in [1.82, 2.24) is 0 Å². The maximum atomic E-state index is 9.90. The summed E-state index contributed by atoms with van der Waals surface area (Å²) in [6, 6.07) is 0. The molecule has 0 saturated heterocycles. The third kappa shape index (κ3) is 3.93. The van der Waals surface area contributed by atoms with Crippen LogP contribution in [0.1, 0.15) is 6.92 Å². The SMILES string of the molecule is C=C(C=O)CSCC. The highest BCUT2D eigenvalue weighted by Crippen LogP contribution is 2.01. The zero-order valence-corrected chi connectivity index (χ0v) is 5.83. The summed E-state index contributed by atoms with van der Waals surface area (Å²) in [5, 5.41) is 0. The first kappa shape index (κ1) is 7.76. The second-order valence-corrected chi connectivity index (χ2v) is 2.69. The first-order valence-corrected chi connectivity index (χ1v) is 3.67. The van der Waals surface area contributed by atoms with E-state index in [0.717, 1.165) is 17.8 Å². The van der Waals surface area contributed by atoms with Gasteiger partial charge in [0, 0.05) is 5.75 Å². The van der Waals surface area contributed by atoms with Gasteiger partial charge in [0.2, 0.25) is 0 Å². The first-order chi connectivity index (χ1) is 3.81. The largest absolute Gasteiger partial charge is 0.298 e. The lowest BCUT2D eigenvalue weighted by Gasteiger charge is -1.91. The minimum atomic E-state index is 0.678. The smallest absolute Gasteiger partial charge is 0.146 e. The Morgan fingerprint density at radius 2 is 2.50 bits per heavy atom. The molecule has 0 atom stereocenters. The van der Waals surface area contributed by atoms with Gasteiger partial charge in [-0.3, -0.25) is 4.79 Å². The summed E-state index contributed by atoms with van der Waals surface area (Å²) >= 11 is 1.71. The van der Waals surface area contributed by atoms with Crippen LogP contribution in [0, 0.1) is 0 Å². The number of thioether (sulfide) groups is 1. The van der Waals surface area contributed by atoms with Gasteiger partial charge in [0.15, 0.2) is 0 Å². The number of carbonyl (C=O) groups excluding carboxylic acids is 1. The minimum Gasteiger partial charge on any atom is -0.298 e. The zero-order chi connectivity index (χ0) is 6.41. The van der Waals surface area contributed by atoms with Gasteiger partial charge in [-0.05, 0) is 11.3 Å². The normalized spacial score (nSPS) is 8.62. The van der Waals surface area contributed by atoms with Crippen LogP contribution in [-0.2, 0) is 4.79 Å². The number of rotatable bonds is 4. The van der Waals surface area contributed by atoms with Crippen molar-refractivity contribution in [1.29, 1.82) is 0 Å². The molecule has 0 aliphatic rings. The van der Waals surface area contributed by atoms with Crippen LogP contribution in [-0.4, -0.2) is 17.8 Å². The fourth-order valence-corrected chi connectivity index (χ4v) is 0.802. The molecule has 0 amide bonds. The standard InChI is InChI=1S/C6H10OS/c1-3-8-5-6(2)4-7/h4H,2-3,5H2,1H3. The molecule has 0 N–H and O–H groups in total. The van der Waals surface area contributed by atoms with Crippen LogP contribution in [0.4, 0.5) is 0 Å². The van der Waals surface area contributed by atoms with Crippen molar-refractivity contribution in [2.24, 2.45) is 0 Å². The van der Waals surface area contributed by atoms with E-state index in [1.54, 1.807) is 11.8 Å². The van der Waals surface area contributed by atoms with E-state index in [1.807, 2.05) is 0 Å². The molecular weight excluding hydrogens is 120 g/mol. The molecule has 0 heterocycles. The molecule has 0 bridgehead atoms. The second-order valence-electron chi connectivity index (χ2n) is 1.41. The molecule has 0 saturated carbocycles. The Labute approximate surface area is 54.2 Å². The Bertz CT molecular complexity index is 88.5. The third-order valence-electron chi connectivity index (χ3n) is 0.658. The average Bonchev–Trinajstić information content (AvgIpc) is 1.83. The Kier molecular flexibility index (Phi) is 4.76. The Morgan fingerprint density at radius 1 is 1.88 bits per heavy atom. The predicted octanol–water partition coefficient (Wildman–Crippen LogP) is 1.49. The summed E-state index contributed by atoms with van der Waals surface area (Å²) in [6.45, 7) is 5.58. The lowest BCUT2D eigenvalue weighted by Crippen LogP contribution is -1.85. The maximum absolute atomic E-state index is 9.90. The second kappa shape index (κ2) is 4.91. The van der Waals surface area contributed by atoms with E-state index in [0.29, 0.717) is 5.57 Å². The lowest BCUT2D eigenvalue weighted by molar-refractivity contribution is -0.104. The third-order valence-corrected chi connectivity index (χ3v) is 1.64. The zero-order valence-electron chi connectivity index (χ0n) is 5.02. The highest BCUT2D eigenvalue weighted by atomic mass is 32.2. The molecule has 0 aliphatic heterocycles. The molecule has 0 aromatic carbocycles. The number of hydrogen-bond acceptors (Lipinski definition) is 2. The molecule has 46 valence electrons. The van der Waals surface area contributed by atoms with Crippen molar-refractivity contribution < 1.29 is 4.79 Å². The van der Waals surface area contributed by atoms with Gasteiger partial charge in [-0.15, -0.1) is 0 Å². The van der Waals surface area contributed by atoms with Crippen LogP contribution in [0.15, 0.2) is 12.2 Å². The molecule has 0 aliphatic carbocycles. The Balaban J connectivity index is 3.11. The van der Waals surface area contributed by atoms with E-state index in [4.69, 9.17) is 0 Å². The van der Waals surface area contributed by atoms with Gasteiger partial charge in [-0.2, -0.15) is 11.8 Å². The molecule has 1 nitrogen and oxygen atoms in total. The molecule has 0 spiro atoms. The van der Waals surface area contributed by atoms with Crippen LogP contribution in [0.2, 0.25) is 0 Å². The predicted molar refractivity (Wildman–Crippen MR) is 38.2 cm³/mol. The van der Waals surface area contributed by atoms with E-state index in [-0.39, 0.29) is 0 Å². The minimum absolute atomic E-state index is 0.678. The van der Waals surface area contributed by atoms with Gasteiger partial charge in [-0.25, -0.2) is 0 Å². The van der Waals surface area contributed by atoms with Crippen LogP contribution in [0.3, 0.4) is 0 Å². The van der Waals surface area contributed by atoms with Crippen molar-refractivity contribution in [3.8, 4) is 0 Å². The first-order valence-electron chi connectivity index (χ1n) is 2.52. The van der Waals surface area contributed by atoms with E-state index in [2.05, 4.69) is 13.5 Å². The molecule has 0 aromatic rings. The van der Waals surface area contributed by atoms with Crippen molar-refractivity contribution in [2.45, 2.75) is 6.92 Å². The summed E-state index contributed by atoms with van der Waals surface area (Å²) < 4.78 is 0. The summed E-state index contributed by atoms with van der Waals surface area (Å²) in [6.07, 6.45) is 0.808. The van der Waals surface area contributed by atoms with E-state index >= 15 is 0 Å². The highest BCUT2D eigenvalue weighted by Gasteiger charge is 1.87. The summed E-state index contributed by atoms with van der Waals surface area (Å²) in [5.74, 6) is 1.83. The number of aldehydes is 1. The van der Waals surface area contributed by atoms with Crippen molar-refractivity contribution in [3.05, 3.63) is 12.2 Å². The fourth-order valence-electron chi connectivity index (χ4n) is 0.267. The van der Waals surface area contributed by atoms with E-state index < -0.39 is 0 Å². The Morgan fingerprint density at radius 3 is 2.88 bits per heavy atom. The van der Waals surface area contributed by atoms with Crippen LogP contribution in [0.25, 0.3) is 0 Å². The van der Waals surface area contributed by atoms with Crippen molar-refractivity contribution in [3.63, 3.8) is 0 Å². The summed E-state index contributed by atoms with van der Waals surface area (Å²) in [7, 11) is 0. The highest BCUT2D eigenvalue weighted by molar-refractivity contribution is 7.99. The van der Waals surface area contributed by atoms with Gasteiger partial charge in [-0.1, -0.05) is 13.5 Å². The van der Waals surface area contributed by atoms with Gasteiger partial charge < -0.3 is 0 Å². The summed E-state index contributed by atoms with van der Waals surface area (Å²) in [4.78, 5) is 9.90. The quantitative estimate of drug-likeness (QED) is 0.423. The van der Waals surface area contributed by atoms with Gasteiger partial charge in [0.25, 0.3) is 0 Å². The molecule has 0 aromatic heterocycles. The monoisotopic (exact) mass is 130 g/mol. The van der Waals surface area contributed by atoms with Crippen LogP contribution < -0.4 is 0 Å². The van der Waals surface area contributed by atoms with Gasteiger partial charge >= 0.3 is 0 Å². The van der Waals surface area contributed by atoms with Crippen LogP contribution >= 0.6 is 11.8 Å². The molecule has 0 rings (SSSR count). The number of carbonyl (C=O) groups is 1. The van der Waals surface area contributed by atoms with E-state index in [1.165, 1.54) is 0 Å². The lowest BCUT2D eigenvalue weighted by atomic mass is 10.4. The van der Waals surface area contributed by atoms with Crippen molar-refractivity contribution >= 4 is 18.0 Å². The molecule has 0 radical (unpaired) electrons. The van der Waals surface area contributed by atoms with Crippen molar-refractivity contribution in [2.75, 3.05) is 11.5 Å². The van der Waals surface area contributed by atoms with Gasteiger partial charge in [0.1, 0.15) is 6.29 Å². The topological polar surface area (TPSA) is 17.1 Å². The fraction of sp³-hybridized carbons (Fsp3) is 0.500. The maximum Gasteiger partial charge on any atom is 0.146 e. The molecule has 2 heteroatoms. The molecule has 0 fully saturated rings. The Hall–Kier alpha value is -0.240. The molecule has 0 unspecified atom stereocenters. The van der Waals surface area contributed by atoms with E-state index in [9.17, 15) is 4.79 Å². The number of hydrogen-bond donors (Lipinski definition) is 0.